The molecule has 326 valence electrons. The van der Waals surface area contributed by atoms with Crippen LogP contribution in [-0.2, 0) is 38.4 Å². The van der Waals surface area contributed by atoms with Gasteiger partial charge in [0.05, 0.1) is 53.1 Å². The topological polar surface area (TPSA) is 167 Å². The van der Waals surface area contributed by atoms with Gasteiger partial charge in [-0.3, -0.25) is 19.2 Å². The quantitative estimate of drug-likeness (QED) is 0.167. The Labute approximate surface area is 347 Å². The molecule has 59 heavy (non-hydrogen) atoms. The fourth-order valence-electron chi connectivity index (χ4n) is 8.55. The Morgan fingerprint density at radius 2 is 1.75 bits per heavy atom. The number of Topliss-reactive ketones (excluding diaryl/α,β-unsaturated/α-hetero) is 1. The Morgan fingerprint density at radius 1 is 1.07 bits per heavy atom. The molecule has 3 saturated carbocycles. The molecule has 2 aromatic rings. The van der Waals surface area contributed by atoms with Gasteiger partial charge in [-0.1, -0.05) is 51.8 Å². The van der Waals surface area contributed by atoms with Gasteiger partial charge in [-0.2, -0.15) is 21.6 Å². The van der Waals surface area contributed by atoms with Crippen LogP contribution in [-0.4, -0.2) is 84.5 Å². The standard InChI is InChI=1S/C41H53ClF3N3O10S/c1-7-24-21-39(24,36(52)47-59(53,54)58-38(6)16-17-38)22-30(49)29-18-25(56-31-20-32(55-8-2)46-34-26(31)12-11-13-28(34)42)23-48(29)35(51)27(37(3,4)5)19-33(50)57-40(41(43,44)45)14-9-10-15-40/h11-13,20,24-25,27,29H,7-10,14-19,21-23H2,1-6H3,(H,47,52)/t24-,25-,27-,29+,39-/m1/s1. The number of hydrogen-bond acceptors (Lipinski definition) is 11. The molecule has 13 nitrogen and oxygen atoms in total. The predicted molar refractivity (Wildman–Crippen MR) is 210 cm³/mol. The number of aromatic nitrogens is 1. The molecule has 1 N–H and O–H groups in total. The molecule has 1 aromatic carbocycles. The molecule has 1 aliphatic heterocycles. The molecule has 2 amide bonds. The van der Waals surface area contributed by atoms with Crippen LogP contribution in [0.2, 0.25) is 5.02 Å². The zero-order chi connectivity index (χ0) is 43.3. The van der Waals surface area contributed by atoms with Crippen molar-refractivity contribution >= 4 is 56.4 Å². The lowest BCUT2D eigenvalue weighted by Gasteiger charge is -2.36. The number of esters is 1. The van der Waals surface area contributed by atoms with Gasteiger partial charge in [-0.15, -0.1) is 0 Å². The van der Waals surface area contributed by atoms with E-state index in [1.807, 2.05) is 11.6 Å². The third kappa shape index (κ3) is 9.61. The molecule has 4 aliphatic rings. The summed E-state index contributed by atoms with van der Waals surface area (Å²) >= 11 is 6.50. The minimum absolute atomic E-state index is 0.0638. The molecule has 6 rings (SSSR count). The molecule has 2 heterocycles. The number of benzene rings is 1. The fraction of sp³-hybridized carbons (Fsp3) is 0.683. The number of carbonyl (C=O) groups excluding carboxylic acids is 4. The van der Waals surface area contributed by atoms with Gasteiger partial charge in [-0.25, -0.2) is 13.9 Å². The van der Waals surface area contributed by atoms with E-state index in [1.165, 1.54) is 4.90 Å². The van der Waals surface area contributed by atoms with E-state index in [-0.39, 0.29) is 63.5 Å². The number of nitrogens with one attached hydrogen (secondary N) is 1. The van der Waals surface area contributed by atoms with E-state index in [0.29, 0.717) is 40.9 Å². The third-order valence-corrected chi connectivity index (χ3v) is 13.7. The van der Waals surface area contributed by atoms with E-state index in [2.05, 4.69) is 4.98 Å². The molecule has 1 saturated heterocycles. The number of carbonyl (C=O) groups is 4. The van der Waals surface area contributed by atoms with Crippen LogP contribution >= 0.6 is 11.6 Å². The summed E-state index contributed by atoms with van der Waals surface area (Å²) in [5, 5.41) is 0.851. The average Bonchev–Trinajstić information content (AvgIpc) is 3.88. The third-order valence-electron chi connectivity index (χ3n) is 12.3. The first-order valence-electron chi connectivity index (χ1n) is 20.2. The molecular formula is C41H53ClF3N3O10S. The van der Waals surface area contributed by atoms with E-state index in [1.54, 1.807) is 58.9 Å². The number of likely N-dealkylation sites (tertiary alicyclic amines) is 1. The number of rotatable bonds is 16. The lowest BCUT2D eigenvalue weighted by atomic mass is 9.77. The lowest BCUT2D eigenvalue weighted by molar-refractivity contribution is -0.268. The van der Waals surface area contributed by atoms with Gasteiger partial charge >= 0.3 is 22.4 Å². The van der Waals surface area contributed by atoms with E-state index in [4.69, 9.17) is 30.0 Å². The molecule has 1 aromatic heterocycles. The van der Waals surface area contributed by atoms with Crippen molar-refractivity contribution in [2.45, 2.75) is 142 Å². The smallest absolute Gasteiger partial charge is 0.428 e. The van der Waals surface area contributed by atoms with Gasteiger partial charge in [0.1, 0.15) is 11.9 Å². The Bertz CT molecular complexity index is 2080. The van der Waals surface area contributed by atoms with E-state index in [9.17, 15) is 40.8 Å². The summed E-state index contributed by atoms with van der Waals surface area (Å²) < 4.78 is 93.0. The molecule has 0 unspecified atom stereocenters. The minimum Gasteiger partial charge on any atom is -0.488 e. The van der Waals surface area contributed by atoms with Crippen molar-refractivity contribution in [3.05, 3.63) is 29.3 Å². The Balaban J connectivity index is 1.31. The van der Waals surface area contributed by atoms with Crippen molar-refractivity contribution in [2.75, 3.05) is 13.2 Å². The summed E-state index contributed by atoms with van der Waals surface area (Å²) in [6.45, 7) is 10.3. The molecular weight excluding hydrogens is 819 g/mol. The van der Waals surface area contributed by atoms with Crippen molar-refractivity contribution < 1.29 is 59.2 Å². The van der Waals surface area contributed by atoms with Crippen molar-refractivity contribution in [1.82, 2.24) is 14.6 Å². The number of fused-ring (bicyclic) bond motifs is 1. The monoisotopic (exact) mass is 871 g/mol. The highest BCUT2D eigenvalue weighted by molar-refractivity contribution is 7.85. The highest BCUT2D eigenvalue weighted by Gasteiger charge is 2.62. The maximum atomic E-state index is 14.8. The van der Waals surface area contributed by atoms with Crippen LogP contribution in [0.1, 0.15) is 112 Å². The molecule has 3 aliphatic carbocycles. The Kier molecular flexibility index (Phi) is 12.4. The molecule has 0 radical (unpaired) electrons. The van der Waals surface area contributed by atoms with E-state index >= 15 is 0 Å². The molecule has 5 atom stereocenters. The van der Waals surface area contributed by atoms with E-state index in [0.717, 1.165) is 0 Å². The van der Waals surface area contributed by atoms with Crippen LogP contribution in [0.25, 0.3) is 10.9 Å². The maximum absolute atomic E-state index is 14.8. The largest absolute Gasteiger partial charge is 0.488 e. The summed E-state index contributed by atoms with van der Waals surface area (Å²) in [5.74, 6) is -4.34. The summed E-state index contributed by atoms with van der Waals surface area (Å²) in [5.41, 5.74) is -5.55. The SMILES string of the molecule is CCOc1cc(O[C@@H]2C[C@@H](C(=O)C[C@]3(C(=O)NS(=O)(=O)OC4(C)CC4)C[C@H]3CC)N(C(=O)[C@@H](CC(=O)OC3(C(F)(F)F)CCCC3)C(C)(C)C)C2)c2cccc(Cl)c2n1. The van der Waals surface area contributed by atoms with Crippen molar-refractivity contribution in [1.29, 1.82) is 0 Å². The highest BCUT2D eigenvalue weighted by atomic mass is 35.5. The second-order valence-corrected chi connectivity index (χ2v) is 19.5. The van der Waals surface area contributed by atoms with Crippen molar-refractivity contribution in [3.8, 4) is 11.6 Å². The van der Waals surface area contributed by atoms with Crippen LogP contribution in [0.15, 0.2) is 24.3 Å². The first-order valence-corrected chi connectivity index (χ1v) is 22.0. The number of halogens is 4. The van der Waals surface area contributed by atoms with Gasteiger partial charge in [0.15, 0.2) is 5.78 Å². The summed E-state index contributed by atoms with van der Waals surface area (Å²) in [7, 11) is -4.50. The lowest BCUT2D eigenvalue weighted by Crippen LogP contribution is -2.50. The van der Waals surface area contributed by atoms with Crippen LogP contribution in [0.3, 0.4) is 0 Å². The zero-order valence-corrected chi connectivity index (χ0v) is 35.8. The summed E-state index contributed by atoms with van der Waals surface area (Å²) in [4.78, 5) is 62.3. The van der Waals surface area contributed by atoms with Crippen molar-refractivity contribution in [2.24, 2.45) is 22.7 Å². The first-order chi connectivity index (χ1) is 27.5. The average molecular weight is 872 g/mol. The number of amides is 2. The van der Waals surface area contributed by atoms with Crippen molar-refractivity contribution in [3.63, 3.8) is 0 Å². The number of nitrogens with zero attached hydrogens (tertiary/aromatic N) is 2. The Hall–Kier alpha value is -3.70. The normalized spacial score (nSPS) is 25.3. The zero-order valence-electron chi connectivity index (χ0n) is 34.2. The number of hydrogen-bond donors (Lipinski definition) is 1. The van der Waals surface area contributed by atoms with Crippen LogP contribution in [0.4, 0.5) is 13.2 Å². The molecule has 0 spiro atoms. The van der Waals surface area contributed by atoms with Gasteiger partial charge in [0.2, 0.25) is 23.3 Å². The van der Waals surface area contributed by atoms with Crippen LogP contribution < -0.4 is 14.2 Å². The van der Waals surface area contributed by atoms with Crippen LogP contribution in [0.5, 0.6) is 11.6 Å². The van der Waals surface area contributed by atoms with Gasteiger partial charge in [0, 0.05) is 24.3 Å². The van der Waals surface area contributed by atoms with Gasteiger partial charge < -0.3 is 19.1 Å². The first kappa shape index (κ1) is 44.8. The molecule has 0 bridgehead atoms. The van der Waals surface area contributed by atoms with Gasteiger partial charge in [0.25, 0.3) is 0 Å². The number of pyridine rings is 1. The fourth-order valence-corrected chi connectivity index (χ4v) is 9.94. The Morgan fingerprint density at radius 3 is 2.32 bits per heavy atom. The number of ketones is 1. The summed E-state index contributed by atoms with van der Waals surface area (Å²) in [6.07, 6.45) is -5.41. The maximum Gasteiger partial charge on any atom is 0.428 e. The number of alkyl halides is 3. The highest BCUT2D eigenvalue weighted by Crippen LogP contribution is 2.58. The second kappa shape index (κ2) is 16.3. The van der Waals surface area contributed by atoms with E-state index < -0.39 is 93.0 Å². The summed E-state index contributed by atoms with van der Waals surface area (Å²) in [6, 6.07) is 5.45. The number of para-hydroxylation sites is 1. The van der Waals surface area contributed by atoms with Gasteiger partial charge in [-0.05, 0) is 82.3 Å². The second-order valence-electron chi connectivity index (χ2n) is 17.8. The van der Waals surface area contributed by atoms with Crippen LogP contribution in [0, 0.1) is 22.7 Å². The minimum atomic E-state index is -4.80. The molecule has 18 heteroatoms. The predicted octanol–water partition coefficient (Wildman–Crippen LogP) is 7.41. The number of ether oxygens (including phenoxy) is 3. The molecule has 4 fully saturated rings.